The van der Waals surface area contributed by atoms with Crippen molar-refractivity contribution in [2.24, 2.45) is 17.6 Å². The molecule has 1 aromatic rings. The SMILES string of the molecule is C[C@H](CN)c1ccc(C2C(O)CC(Cl)C3NC(=O)C4SC=CC4C32)cc1. The predicted octanol–water partition coefficient (Wildman–Crippen LogP) is 2.56. The van der Waals surface area contributed by atoms with E-state index in [9.17, 15) is 9.90 Å². The molecule has 3 aliphatic rings. The number of aliphatic hydroxyl groups is 1. The van der Waals surface area contributed by atoms with Crippen LogP contribution in [-0.2, 0) is 4.79 Å². The van der Waals surface area contributed by atoms with Crippen molar-refractivity contribution in [3.05, 3.63) is 46.9 Å². The molecule has 2 fully saturated rings. The molecule has 4 rings (SSSR count). The maximum atomic E-state index is 12.4. The Labute approximate surface area is 163 Å². The first-order valence-electron chi connectivity index (χ1n) is 9.26. The van der Waals surface area contributed by atoms with E-state index in [1.54, 1.807) is 11.8 Å². The van der Waals surface area contributed by atoms with E-state index >= 15 is 0 Å². The lowest BCUT2D eigenvalue weighted by molar-refractivity contribution is -0.126. The van der Waals surface area contributed by atoms with Crippen LogP contribution in [0, 0.1) is 11.8 Å². The molecule has 2 aliphatic heterocycles. The Balaban J connectivity index is 1.69. The van der Waals surface area contributed by atoms with E-state index < -0.39 is 6.10 Å². The molecule has 1 aliphatic carbocycles. The number of amides is 1. The van der Waals surface area contributed by atoms with E-state index in [2.05, 4.69) is 42.6 Å². The molecule has 0 spiro atoms. The fourth-order valence-electron chi connectivity index (χ4n) is 4.76. The Morgan fingerprint density at radius 2 is 2.12 bits per heavy atom. The van der Waals surface area contributed by atoms with Gasteiger partial charge in [0.1, 0.15) is 0 Å². The van der Waals surface area contributed by atoms with Crippen LogP contribution in [0.25, 0.3) is 0 Å². The minimum Gasteiger partial charge on any atom is -0.392 e. The number of hydrogen-bond donors (Lipinski definition) is 3. The highest BCUT2D eigenvalue weighted by Gasteiger charge is 2.54. The van der Waals surface area contributed by atoms with Gasteiger partial charge in [-0.05, 0) is 41.3 Å². The summed E-state index contributed by atoms with van der Waals surface area (Å²) in [6.45, 7) is 2.72. The summed E-state index contributed by atoms with van der Waals surface area (Å²) in [4.78, 5) is 12.4. The number of nitrogens with one attached hydrogen (secondary N) is 1. The van der Waals surface area contributed by atoms with E-state index in [0.29, 0.717) is 18.9 Å². The van der Waals surface area contributed by atoms with Crippen LogP contribution in [0.15, 0.2) is 35.7 Å². The summed E-state index contributed by atoms with van der Waals surface area (Å²) in [7, 11) is 0. The molecule has 1 amide bonds. The van der Waals surface area contributed by atoms with Gasteiger partial charge in [-0.25, -0.2) is 0 Å². The summed E-state index contributed by atoms with van der Waals surface area (Å²) in [5.74, 6) is 0.566. The molecule has 0 bridgehead atoms. The highest BCUT2D eigenvalue weighted by molar-refractivity contribution is 8.03. The number of halogens is 1. The van der Waals surface area contributed by atoms with Crippen molar-refractivity contribution in [2.75, 3.05) is 6.54 Å². The van der Waals surface area contributed by atoms with Gasteiger partial charge in [0.05, 0.1) is 16.7 Å². The van der Waals surface area contributed by atoms with E-state index in [1.165, 1.54) is 5.56 Å². The van der Waals surface area contributed by atoms with Gasteiger partial charge in [-0.3, -0.25) is 4.79 Å². The third-order valence-electron chi connectivity index (χ3n) is 6.23. The average Bonchev–Trinajstić information content (AvgIpc) is 3.13. The molecule has 26 heavy (non-hydrogen) atoms. The fraction of sp³-hybridized carbons (Fsp3) is 0.550. The second-order valence-corrected chi connectivity index (χ2v) is 9.34. The molecule has 8 atom stereocenters. The van der Waals surface area contributed by atoms with Crippen LogP contribution in [0.1, 0.15) is 36.3 Å². The lowest BCUT2D eigenvalue weighted by Crippen LogP contribution is -2.63. The van der Waals surface area contributed by atoms with Gasteiger partial charge in [-0.15, -0.1) is 23.4 Å². The number of alkyl halides is 1. The van der Waals surface area contributed by atoms with Crippen molar-refractivity contribution >= 4 is 29.3 Å². The fourth-order valence-corrected chi connectivity index (χ4v) is 6.26. The number of fused-ring (bicyclic) bond motifs is 3. The Hall–Kier alpha value is -1.01. The zero-order valence-electron chi connectivity index (χ0n) is 14.7. The number of hydrogen-bond acceptors (Lipinski definition) is 4. The molecular formula is C20H25ClN2O2S. The smallest absolute Gasteiger partial charge is 0.234 e. The lowest BCUT2D eigenvalue weighted by Gasteiger charge is -2.50. The molecule has 1 saturated heterocycles. The van der Waals surface area contributed by atoms with Crippen molar-refractivity contribution in [2.45, 2.75) is 48.0 Å². The van der Waals surface area contributed by atoms with Gasteiger partial charge in [-0.2, -0.15) is 0 Å². The number of allylic oxidation sites excluding steroid dienone is 1. The average molecular weight is 393 g/mol. The van der Waals surface area contributed by atoms with Gasteiger partial charge in [0, 0.05) is 17.9 Å². The molecule has 4 nitrogen and oxygen atoms in total. The van der Waals surface area contributed by atoms with Crippen LogP contribution in [0.4, 0.5) is 0 Å². The van der Waals surface area contributed by atoms with E-state index in [-0.39, 0.29) is 40.3 Å². The second kappa shape index (κ2) is 7.19. The number of aliphatic hydroxyl groups excluding tert-OH is 1. The quantitative estimate of drug-likeness (QED) is 0.691. The van der Waals surface area contributed by atoms with Crippen LogP contribution in [0.5, 0.6) is 0 Å². The van der Waals surface area contributed by atoms with E-state index in [1.807, 2.05) is 5.41 Å². The van der Waals surface area contributed by atoms with Crippen LogP contribution >= 0.6 is 23.4 Å². The maximum absolute atomic E-state index is 12.4. The van der Waals surface area contributed by atoms with Crippen LogP contribution < -0.4 is 11.1 Å². The van der Waals surface area contributed by atoms with Crippen LogP contribution in [-0.4, -0.2) is 40.3 Å². The predicted molar refractivity (Wildman–Crippen MR) is 106 cm³/mol. The van der Waals surface area contributed by atoms with Crippen LogP contribution in [0.2, 0.25) is 0 Å². The highest BCUT2D eigenvalue weighted by atomic mass is 35.5. The van der Waals surface area contributed by atoms with Crippen molar-refractivity contribution in [1.29, 1.82) is 0 Å². The molecule has 140 valence electrons. The van der Waals surface area contributed by atoms with Gasteiger partial charge in [0.25, 0.3) is 0 Å². The summed E-state index contributed by atoms with van der Waals surface area (Å²) in [6.07, 6.45) is 2.11. The number of piperidine rings is 1. The number of rotatable bonds is 3. The van der Waals surface area contributed by atoms with Crippen LogP contribution in [0.3, 0.4) is 0 Å². The molecule has 0 radical (unpaired) electrons. The lowest BCUT2D eigenvalue weighted by atomic mass is 9.63. The zero-order chi connectivity index (χ0) is 18.4. The van der Waals surface area contributed by atoms with Gasteiger partial charge < -0.3 is 16.2 Å². The summed E-state index contributed by atoms with van der Waals surface area (Å²) in [5.41, 5.74) is 8.10. The number of carbonyl (C=O) groups is 1. The molecular weight excluding hydrogens is 368 g/mol. The number of carbonyl (C=O) groups excluding carboxylic acids is 1. The number of thioether (sulfide) groups is 1. The van der Waals surface area contributed by atoms with E-state index in [4.69, 9.17) is 17.3 Å². The van der Waals surface area contributed by atoms with Crippen molar-refractivity contribution in [3.63, 3.8) is 0 Å². The standard InChI is InChI=1S/C20H25ClN2O2S/c1-10(9-22)11-2-4-12(5-3-11)16-15(24)8-14(21)18-17(16)13-6-7-26-19(13)20(25)23-18/h2-7,10,13-19,24H,8-9,22H2,1H3,(H,23,25)/t10-,13?,14?,15?,16?,17?,18?,19?/m1/s1. The van der Waals surface area contributed by atoms with Crippen molar-refractivity contribution < 1.29 is 9.90 Å². The summed E-state index contributed by atoms with van der Waals surface area (Å²) >= 11 is 8.13. The Kier molecular flexibility index (Phi) is 5.08. The second-order valence-electron chi connectivity index (χ2n) is 7.72. The summed E-state index contributed by atoms with van der Waals surface area (Å²) < 4.78 is 0. The first kappa shape index (κ1) is 18.4. The molecule has 4 N–H and O–H groups in total. The zero-order valence-corrected chi connectivity index (χ0v) is 16.3. The molecule has 2 heterocycles. The topological polar surface area (TPSA) is 75.3 Å². The van der Waals surface area contributed by atoms with Crippen molar-refractivity contribution in [3.8, 4) is 0 Å². The molecule has 6 heteroatoms. The molecule has 1 aromatic carbocycles. The first-order chi connectivity index (χ1) is 12.5. The van der Waals surface area contributed by atoms with Gasteiger partial charge in [-0.1, -0.05) is 37.3 Å². The molecule has 7 unspecified atom stereocenters. The number of benzene rings is 1. The Morgan fingerprint density at radius 3 is 2.81 bits per heavy atom. The molecule has 0 aromatic heterocycles. The highest BCUT2D eigenvalue weighted by Crippen LogP contribution is 2.51. The Morgan fingerprint density at radius 1 is 1.38 bits per heavy atom. The largest absolute Gasteiger partial charge is 0.392 e. The van der Waals surface area contributed by atoms with Gasteiger partial charge in [0.2, 0.25) is 5.91 Å². The normalized spacial score (nSPS) is 39.8. The van der Waals surface area contributed by atoms with Gasteiger partial charge in [0.15, 0.2) is 0 Å². The summed E-state index contributed by atoms with van der Waals surface area (Å²) in [6, 6.07) is 8.33. The molecule has 1 saturated carbocycles. The first-order valence-corrected chi connectivity index (χ1v) is 10.6. The maximum Gasteiger partial charge on any atom is 0.234 e. The minimum absolute atomic E-state index is 0.0336. The minimum atomic E-state index is -0.508. The third kappa shape index (κ3) is 2.99. The Bertz CT molecular complexity index is 710. The van der Waals surface area contributed by atoms with Crippen molar-refractivity contribution in [1.82, 2.24) is 5.32 Å². The third-order valence-corrected chi connectivity index (χ3v) is 7.82. The van der Waals surface area contributed by atoms with E-state index in [0.717, 1.165) is 5.56 Å². The van der Waals surface area contributed by atoms with Gasteiger partial charge >= 0.3 is 0 Å². The summed E-state index contributed by atoms with van der Waals surface area (Å²) in [5, 5.41) is 15.7. The number of nitrogens with two attached hydrogens (primary N) is 1. The monoisotopic (exact) mass is 392 g/mol.